The molecule has 0 spiro atoms. The number of amides is 1. The SMILES string of the molecule is CC(CCCCl)NC(=O)Cc1ccccc1. The van der Waals surface area contributed by atoms with Gasteiger partial charge in [-0.25, -0.2) is 0 Å². The van der Waals surface area contributed by atoms with Gasteiger partial charge in [-0.15, -0.1) is 11.6 Å². The third-order valence-electron chi connectivity index (χ3n) is 2.39. The number of rotatable bonds is 6. The molecule has 0 aliphatic carbocycles. The van der Waals surface area contributed by atoms with E-state index in [2.05, 4.69) is 5.32 Å². The van der Waals surface area contributed by atoms with Gasteiger partial charge in [0.05, 0.1) is 6.42 Å². The Kier molecular flexibility index (Phi) is 5.94. The summed E-state index contributed by atoms with van der Waals surface area (Å²) in [5.41, 5.74) is 1.05. The van der Waals surface area contributed by atoms with Gasteiger partial charge in [-0.2, -0.15) is 0 Å². The summed E-state index contributed by atoms with van der Waals surface area (Å²) in [5.74, 6) is 0.729. The molecule has 0 saturated heterocycles. The minimum atomic E-state index is 0.0771. The number of halogens is 1. The Labute approximate surface area is 102 Å². The minimum Gasteiger partial charge on any atom is -0.353 e. The Morgan fingerprint density at radius 3 is 2.69 bits per heavy atom. The van der Waals surface area contributed by atoms with Gasteiger partial charge >= 0.3 is 0 Å². The van der Waals surface area contributed by atoms with Crippen LogP contribution in [0, 0.1) is 0 Å². The topological polar surface area (TPSA) is 29.1 Å². The summed E-state index contributed by atoms with van der Waals surface area (Å²) in [6.45, 7) is 2.01. The number of hydrogen-bond donors (Lipinski definition) is 1. The number of nitrogens with one attached hydrogen (secondary N) is 1. The average molecular weight is 240 g/mol. The monoisotopic (exact) mass is 239 g/mol. The van der Waals surface area contributed by atoms with Crippen LogP contribution < -0.4 is 5.32 Å². The molecule has 88 valence electrons. The van der Waals surface area contributed by atoms with Crippen molar-refractivity contribution in [3.05, 3.63) is 35.9 Å². The fourth-order valence-corrected chi connectivity index (χ4v) is 1.72. The summed E-state index contributed by atoms with van der Waals surface area (Å²) in [6, 6.07) is 9.96. The van der Waals surface area contributed by atoms with E-state index in [9.17, 15) is 4.79 Å². The first-order valence-electron chi connectivity index (χ1n) is 5.61. The molecule has 1 N–H and O–H groups in total. The molecule has 0 aromatic heterocycles. The lowest BCUT2D eigenvalue weighted by molar-refractivity contribution is -0.121. The molecular formula is C13H18ClNO. The molecule has 2 nitrogen and oxygen atoms in total. The first-order chi connectivity index (χ1) is 7.72. The van der Waals surface area contributed by atoms with Crippen LogP contribution in [-0.4, -0.2) is 17.8 Å². The minimum absolute atomic E-state index is 0.0771. The van der Waals surface area contributed by atoms with Crippen molar-refractivity contribution in [1.29, 1.82) is 0 Å². The fourth-order valence-electron chi connectivity index (χ4n) is 1.56. The maximum absolute atomic E-state index is 11.6. The van der Waals surface area contributed by atoms with Gasteiger partial charge in [0.1, 0.15) is 0 Å². The smallest absolute Gasteiger partial charge is 0.224 e. The van der Waals surface area contributed by atoms with E-state index in [1.54, 1.807) is 0 Å². The lowest BCUT2D eigenvalue weighted by Crippen LogP contribution is -2.33. The van der Waals surface area contributed by atoms with Crippen LogP contribution in [-0.2, 0) is 11.2 Å². The molecule has 0 heterocycles. The average Bonchev–Trinajstić information content (AvgIpc) is 2.27. The molecule has 0 aliphatic heterocycles. The van der Waals surface area contributed by atoms with Gasteiger partial charge in [-0.05, 0) is 25.3 Å². The lowest BCUT2D eigenvalue weighted by Gasteiger charge is -2.12. The van der Waals surface area contributed by atoms with Crippen molar-refractivity contribution >= 4 is 17.5 Å². The second kappa shape index (κ2) is 7.29. The molecule has 0 aliphatic rings. The van der Waals surface area contributed by atoms with Gasteiger partial charge in [0, 0.05) is 11.9 Å². The largest absolute Gasteiger partial charge is 0.353 e. The van der Waals surface area contributed by atoms with Gasteiger partial charge in [-0.1, -0.05) is 30.3 Å². The molecule has 0 saturated carbocycles. The summed E-state index contributed by atoms with van der Waals surface area (Å²) in [4.78, 5) is 11.6. The highest BCUT2D eigenvalue weighted by Crippen LogP contribution is 2.01. The van der Waals surface area contributed by atoms with Crippen molar-refractivity contribution < 1.29 is 4.79 Å². The maximum atomic E-state index is 11.6. The van der Waals surface area contributed by atoms with E-state index in [0.717, 1.165) is 18.4 Å². The second-order valence-corrected chi connectivity index (χ2v) is 4.34. The lowest BCUT2D eigenvalue weighted by atomic mass is 10.1. The highest BCUT2D eigenvalue weighted by molar-refractivity contribution is 6.17. The number of carbonyl (C=O) groups excluding carboxylic acids is 1. The number of benzene rings is 1. The third kappa shape index (κ3) is 5.17. The Bertz CT molecular complexity index is 313. The van der Waals surface area contributed by atoms with Crippen LogP contribution in [0.1, 0.15) is 25.3 Å². The Morgan fingerprint density at radius 2 is 2.06 bits per heavy atom. The number of hydrogen-bond acceptors (Lipinski definition) is 1. The predicted molar refractivity (Wildman–Crippen MR) is 67.7 cm³/mol. The Balaban J connectivity index is 2.31. The van der Waals surface area contributed by atoms with Crippen molar-refractivity contribution in [1.82, 2.24) is 5.32 Å². The molecule has 3 heteroatoms. The van der Waals surface area contributed by atoms with Crippen molar-refractivity contribution in [2.75, 3.05) is 5.88 Å². The van der Waals surface area contributed by atoms with E-state index >= 15 is 0 Å². The van der Waals surface area contributed by atoms with Gasteiger partial charge in [0.2, 0.25) is 5.91 Å². The molecule has 0 fully saturated rings. The van der Waals surface area contributed by atoms with Gasteiger partial charge in [0.25, 0.3) is 0 Å². The van der Waals surface area contributed by atoms with E-state index in [1.165, 1.54) is 0 Å². The van der Waals surface area contributed by atoms with Crippen LogP contribution in [0.25, 0.3) is 0 Å². The van der Waals surface area contributed by atoms with Crippen LogP contribution in [0.5, 0.6) is 0 Å². The second-order valence-electron chi connectivity index (χ2n) is 3.96. The highest BCUT2D eigenvalue weighted by Gasteiger charge is 2.07. The van der Waals surface area contributed by atoms with Crippen LogP contribution in [0.3, 0.4) is 0 Å². The Hall–Kier alpha value is -1.02. The molecule has 0 bridgehead atoms. The van der Waals surface area contributed by atoms with Crippen molar-refractivity contribution in [2.45, 2.75) is 32.2 Å². The predicted octanol–water partition coefficient (Wildman–Crippen LogP) is 2.75. The summed E-state index contributed by atoms with van der Waals surface area (Å²) < 4.78 is 0. The molecular weight excluding hydrogens is 222 g/mol. The summed E-state index contributed by atoms with van der Waals surface area (Å²) in [6.07, 6.45) is 2.32. The molecule has 16 heavy (non-hydrogen) atoms. The van der Waals surface area contributed by atoms with Gasteiger partial charge < -0.3 is 5.32 Å². The van der Waals surface area contributed by atoms with Crippen LogP contribution in [0.4, 0.5) is 0 Å². The molecule has 1 rings (SSSR count). The highest BCUT2D eigenvalue weighted by atomic mass is 35.5. The maximum Gasteiger partial charge on any atom is 0.224 e. The van der Waals surface area contributed by atoms with Crippen LogP contribution >= 0.6 is 11.6 Å². The molecule has 1 aromatic rings. The van der Waals surface area contributed by atoms with Crippen molar-refractivity contribution in [2.24, 2.45) is 0 Å². The molecule has 1 atom stereocenters. The zero-order valence-electron chi connectivity index (χ0n) is 9.58. The van der Waals surface area contributed by atoms with Gasteiger partial charge in [-0.3, -0.25) is 4.79 Å². The standard InChI is InChI=1S/C13H18ClNO/c1-11(6-5-9-14)15-13(16)10-12-7-3-2-4-8-12/h2-4,7-8,11H,5-6,9-10H2,1H3,(H,15,16). The normalized spacial score (nSPS) is 12.1. The first kappa shape index (κ1) is 13.0. The summed E-state index contributed by atoms with van der Waals surface area (Å²) >= 11 is 5.60. The summed E-state index contributed by atoms with van der Waals surface area (Å²) in [7, 11) is 0. The number of carbonyl (C=O) groups is 1. The van der Waals surface area contributed by atoms with E-state index in [1.807, 2.05) is 37.3 Å². The molecule has 1 amide bonds. The van der Waals surface area contributed by atoms with E-state index < -0.39 is 0 Å². The zero-order chi connectivity index (χ0) is 11.8. The fraction of sp³-hybridized carbons (Fsp3) is 0.462. The van der Waals surface area contributed by atoms with Crippen LogP contribution in [0.2, 0.25) is 0 Å². The Morgan fingerprint density at radius 1 is 1.38 bits per heavy atom. The van der Waals surface area contributed by atoms with Crippen molar-refractivity contribution in [3.8, 4) is 0 Å². The third-order valence-corrected chi connectivity index (χ3v) is 2.65. The quantitative estimate of drug-likeness (QED) is 0.760. The van der Waals surface area contributed by atoms with Crippen LogP contribution in [0.15, 0.2) is 30.3 Å². The first-order valence-corrected chi connectivity index (χ1v) is 6.15. The molecule has 1 aromatic carbocycles. The summed E-state index contributed by atoms with van der Waals surface area (Å²) in [5, 5.41) is 2.97. The van der Waals surface area contributed by atoms with Gasteiger partial charge in [0.15, 0.2) is 0 Å². The van der Waals surface area contributed by atoms with E-state index in [4.69, 9.17) is 11.6 Å². The number of alkyl halides is 1. The molecule has 1 unspecified atom stereocenters. The van der Waals surface area contributed by atoms with E-state index in [0.29, 0.717) is 12.3 Å². The molecule has 0 radical (unpaired) electrons. The van der Waals surface area contributed by atoms with E-state index in [-0.39, 0.29) is 11.9 Å². The van der Waals surface area contributed by atoms with Crippen molar-refractivity contribution in [3.63, 3.8) is 0 Å². The zero-order valence-corrected chi connectivity index (χ0v) is 10.3.